The van der Waals surface area contributed by atoms with Crippen molar-refractivity contribution in [2.45, 2.75) is 13.0 Å². The Morgan fingerprint density at radius 3 is 2.62 bits per heavy atom. The van der Waals surface area contributed by atoms with Gasteiger partial charge in [0.2, 0.25) is 5.95 Å². The van der Waals surface area contributed by atoms with Crippen molar-refractivity contribution in [1.82, 2.24) is 14.5 Å². The van der Waals surface area contributed by atoms with Crippen LogP contribution in [0.1, 0.15) is 18.5 Å². The minimum Gasteiger partial charge on any atom is -0.329 e. The van der Waals surface area contributed by atoms with E-state index in [2.05, 4.69) is 20.2 Å². The van der Waals surface area contributed by atoms with Crippen molar-refractivity contribution in [2.75, 3.05) is 10.6 Å². The highest BCUT2D eigenvalue weighted by atomic mass is 16.1. The molecule has 0 saturated heterocycles. The molecule has 0 saturated carbocycles. The van der Waals surface area contributed by atoms with E-state index in [0.717, 1.165) is 28.0 Å². The van der Waals surface area contributed by atoms with E-state index in [-0.39, 0.29) is 11.9 Å². The number of carbonyl (C=O) groups excluding carboxylic acids is 1. The molecule has 6 nitrogen and oxygen atoms in total. The summed E-state index contributed by atoms with van der Waals surface area (Å²) >= 11 is 0. The van der Waals surface area contributed by atoms with Gasteiger partial charge in [-0.3, -0.25) is 14.3 Å². The summed E-state index contributed by atoms with van der Waals surface area (Å²) < 4.78 is 2.07. The molecule has 1 aliphatic heterocycles. The van der Waals surface area contributed by atoms with Crippen LogP contribution in [0.5, 0.6) is 0 Å². The molecule has 29 heavy (non-hydrogen) atoms. The number of hydrogen-bond donors (Lipinski definition) is 2. The molecule has 3 heterocycles. The van der Waals surface area contributed by atoms with E-state index >= 15 is 0 Å². The number of imidazole rings is 1. The number of amides is 1. The molecule has 4 aromatic rings. The summed E-state index contributed by atoms with van der Waals surface area (Å²) in [7, 11) is 0. The van der Waals surface area contributed by atoms with Crippen molar-refractivity contribution in [3.63, 3.8) is 0 Å². The van der Waals surface area contributed by atoms with Crippen molar-refractivity contribution in [1.29, 1.82) is 0 Å². The van der Waals surface area contributed by atoms with Gasteiger partial charge in [0.15, 0.2) is 0 Å². The maximum absolute atomic E-state index is 13.4. The van der Waals surface area contributed by atoms with Crippen LogP contribution >= 0.6 is 0 Å². The summed E-state index contributed by atoms with van der Waals surface area (Å²) in [6.45, 7) is 1.91. The molecule has 1 aliphatic rings. The number of nitrogens with zero attached hydrogens (tertiary/aromatic N) is 3. The molecule has 2 N–H and O–H groups in total. The summed E-state index contributed by atoms with van der Waals surface area (Å²) in [6.07, 6.45) is 3.54. The topological polar surface area (TPSA) is 71.8 Å². The van der Waals surface area contributed by atoms with Crippen LogP contribution in [-0.4, -0.2) is 20.4 Å². The van der Waals surface area contributed by atoms with E-state index in [9.17, 15) is 4.79 Å². The Hall–Kier alpha value is -3.93. The van der Waals surface area contributed by atoms with E-state index in [0.29, 0.717) is 11.5 Å². The molecule has 2 aromatic heterocycles. The van der Waals surface area contributed by atoms with Gasteiger partial charge in [-0.05, 0) is 42.8 Å². The van der Waals surface area contributed by atoms with Gasteiger partial charge in [0, 0.05) is 23.8 Å². The van der Waals surface area contributed by atoms with Crippen molar-refractivity contribution < 1.29 is 4.79 Å². The Morgan fingerprint density at radius 1 is 1.03 bits per heavy atom. The molecule has 2 aromatic carbocycles. The van der Waals surface area contributed by atoms with Crippen LogP contribution in [0.25, 0.3) is 11.0 Å². The van der Waals surface area contributed by atoms with Crippen LogP contribution in [0, 0.1) is 0 Å². The SMILES string of the molecule is CC1=C(C(=O)Nc2ccccc2)C(c2cccnc2)n2c(nc3ccccc32)N1. The van der Waals surface area contributed by atoms with Gasteiger partial charge in [-0.1, -0.05) is 36.4 Å². The lowest BCUT2D eigenvalue weighted by atomic mass is 9.95. The maximum atomic E-state index is 13.4. The van der Waals surface area contributed by atoms with Crippen LogP contribution in [0.2, 0.25) is 0 Å². The fourth-order valence-corrected chi connectivity index (χ4v) is 3.83. The third kappa shape index (κ3) is 2.95. The van der Waals surface area contributed by atoms with Gasteiger partial charge in [-0.25, -0.2) is 4.98 Å². The van der Waals surface area contributed by atoms with E-state index in [1.165, 1.54) is 0 Å². The van der Waals surface area contributed by atoms with Gasteiger partial charge in [0.05, 0.1) is 22.6 Å². The Morgan fingerprint density at radius 2 is 1.83 bits per heavy atom. The third-order valence-corrected chi connectivity index (χ3v) is 5.11. The number of anilines is 2. The quantitative estimate of drug-likeness (QED) is 0.553. The molecular formula is C23H19N5O. The average molecular weight is 381 g/mol. The lowest BCUT2D eigenvalue weighted by Gasteiger charge is -2.30. The number of nitrogens with one attached hydrogen (secondary N) is 2. The summed E-state index contributed by atoms with van der Waals surface area (Å²) in [6, 6.07) is 20.9. The van der Waals surface area contributed by atoms with Gasteiger partial charge in [0.1, 0.15) is 0 Å². The van der Waals surface area contributed by atoms with Crippen molar-refractivity contribution in [3.05, 3.63) is 96.0 Å². The molecule has 1 amide bonds. The molecule has 0 radical (unpaired) electrons. The first-order valence-electron chi connectivity index (χ1n) is 9.43. The number of benzene rings is 2. The second kappa shape index (κ2) is 6.91. The van der Waals surface area contributed by atoms with Crippen LogP contribution in [0.15, 0.2) is 90.4 Å². The zero-order chi connectivity index (χ0) is 19.8. The lowest BCUT2D eigenvalue weighted by molar-refractivity contribution is -0.113. The van der Waals surface area contributed by atoms with Gasteiger partial charge in [-0.2, -0.15) is 0 Å². The smallest absolute Gasteiger partial charge is 0.255 e. The molecule has 0 aliphatic carbocycles. The highest BCUT2D eigenvalue weighted by Crippen LogP contribution is 2.39. The number of fused-ring (bicyclic) bond motifs is 3. The largest absolute Gasteiger partial charge is 0.329 e. The van der Waals surface area contributed by atoms with Crippen molar-refractivity contribution >= 4 is 28.6 Å². The minimum absolute atomic E-state index is 0.154. The number of hydrogen-bond acceptors (Lipinski definition) is 4. The normalized spacial score (nSPS) is 15.7. The minimum atomic E-state index is -0.337. The molecule has 6 heteroatoms. The highest BCUT2D eigenvalue weighted by Gasteiger charge is 2.34. The van der Waals surface area contributed by atoms with Crippen molar-refractivity contribution in [2.24, 2.45) is 0 Å². The number of para-hydroxylation sites is 3. The lowest BCUT2D eigenvalue weighted by Crippen LogP contribution is -2.31. The molecule has 0 spiro atoms. The Kier molecular flexibility index (Phi) is 4.09. The number of carbonyl (C=O) groups is 1. The van der Waals surface area contributed by atoms with E-state index in [1.54, 1.807) is 12.4 Å². The van der Waals surface area contributed by atoms with Gasteiger partial charge in [-0.15, -0.1) is 0 Å². The van der Waals surface area contributed by atoms with E-state index < -0.39 is 0 Å². The molecule has 0 bridgehead atoms. The first-order chi connectivity index (χ1) is 14.2. The first kappa shape index (κ1) is 17.2. The first-order valence-corrected chi connectivity index (χ1v) is 9.43. The third-order valence-electron chi connectivity index (χ3n) is 5.11. The van der Waals surface area contributed by atoms with Gasteiger partial charge < -0.3 is 10.6 Å². The van der Waals surface area contributed by atoms with Gasteiger partial charge in [0.25, 0.3) is 5.91 Å². The summed E-state index contributed by atoms with van der Waals surface area (Å²) in [5.41, 5.74) is 4.93. The fourth-order valence-electron chi connectivity index (χ4n) is 3.83. The second-order valence-corrected chi connectivity index (χ2v) is 6.97. The van der Waals surface area contributed by atoms with Crippen LogP contribution in [-0.2, 0) is 4.79 Å². The van der Waals surface area contributed by atoms with Crippen LogP contribution in [0.4, 0.5) is 11.6 Å². The number of allylic oxidation sites excluding steroid dienone is 1. The predicted octanol–water partition coefficient (Wildman–Crippen LogP) is 4.36. The molecule has 142 valence electrons. The monoisotopic (exact) mass is 381 g/mol. The van der Waals surface area contributed by atoms with Crippen LogP contribution < -0.4 is 10.6 Å². The Bertz CT molecular complexity index is 1230. The number of rotatable bonds is 3. The number of aromatic nitrogens is 3. The molecule has 1 atom stereocenters. The predicted molar refractivity (Wildman–Crippen MR) is 114 cm³/mol. The van der Waals surface area contributed by atoms with Crippen LogP contribution in [0.3, 0.4) is 0 Å². The van der Waals surface area contributed by atoms with E-state index in [4.69, 9.17) is 4.98 Å². The standard InChI is InChI=1S/C23H19N5O/c1-15-20(22(29)26-17-9-3-2-4-10-17)21(16-8-7-13-24-14-16)28-19-12-6-5-11-18(19)27-23(28)25-15/h2-14,21H,1H3,(H,25,27)(H,26,29). The maximum Gasteiger partial charge on any atom is 0.255 e. The Balaban J connectivity index is 1.67. The Labute approximate surface area is 167 Å². The second-order valence-electron chi connectivity index (χ2n) is 6.97. The molecular weight excluding hydrogens is 362 g/mol. The molecule has 1 unspecified atom stereocenters. The molecule has 5 rings (SSSR count). The highest BCUT2D eigenvalue weighted by molar-refractivity contribution is 6.06. The molecule has 0 fully saturated rings. The van der Waals surface area contributed by atoms with Crippen molar-refractivity contribution in [3.8, 4) is 0 Å². The zero-order valence-corrected chi connectivity index (χ0v) is 15.8. The van der Waals surface area contributed by atoms with Gasteiger partial charge >= 0.3 is 0 Å². The number of pyridine rings is 1. The summed E-state index contributed by atoms with van der Waals surface area (Å²) in [4.78, 5) is 22.4. The summed E-state index contributed by atoms with van der Waals surface area (Å²) in [5.74, 6) is 0.562. The fraction of sp³-hybridized carbons (Fsp3) is 0.0870. The van der Waals surface area contributed by atoms with E-state index in [1.807, 2.05) is 73.7 Å². The average Bonchev–Trinajstić information content (AvgIpc) is 3.12. The summed E-state index contributed by atoms with van der Waals surface area (Å²) in [5, 5.41) is 6.34. The zero-order valence-electron chi connectivity index (χ0n) is 15.8.